The highest BCUT2D eigenvalue weighted by atomic mass is 32.2. The third kappa shape index (κ3) is 3.74. The Morgan fingerprint density at radius 2 is 2.19 bits per heavy atom. The van der Waals surface area contributed by atoms with Gasteiger partial charge in [0.25, 0.3) is 0 Å². The fourth-order valence-corrected chi connectivity index (χ4v) is 3.89. The Hall–Kier alpha value is -1.60. The minimum atomic E-state index is -3.71. The lowest BCUT2D eigenvalue weighted by Crippen LogP contribution is -2.28. The Kier molecular flexibility index (Phi) is 4.53. The van der Waals surface area contributed by atoms with Crippen LogP contribution in [0.25, 0.3) is 0 Å². The molecule has 0 aliphatic heterocycles. The molecule has 116 valence electrons. The zero-order valence-electron chi connectivity index (χ0n) is 12.0. The highest BCUT2D eigenvalue weighted by Crippen LogP contribution is 2.35. The third-order valence-corrected chi connectivity index (χ3v) is 5.24. The Morgan fingerprint density at radius 1 is 1.48 bits per heavy atom. The normalized spacial score (nSPS) is 21.0. The van der Waals surface area contributed by atoms with Crippen LogP contribution in [0.1, 0.15) is 25.3 Å². The van der Waals surface area contributed by atoms with Crippen LogP contribution in [-0.4, -0.2) is 32.6 Å². The number of benzene rings is 1. The number of sulfonamides is 1. The number of ether oxygens (including phenoxy) is 1. The van der Waals surface area contributed by atoms with Crippen molar-refractivity contribution in [3.8, 4) is 5.75 Å². The van der Waals surface area contributed by atoms with Crippen molar-refractivity contribution in [2.75, 3.05) is 7.11 Å². The molecule has 1 aromatic rings. The summed E-state index contributed by atoms with van der Waals surface area (Å²) in [6.07, 6.45) is 1.40. The van der Waals surface area contributed by atoms with Gasteiger partial charge in [-0.2, -0.15) is 0 Å². The van der Waals surface area contributed by atoms with Crippen LogP contribution < -0.4 is 9.46 Å². The van der Waals surface area contributed by atoms with Gasteiger partial charge in [-0.25, -0.2) is 13.1 Å². The monoisotopic (exact) mass is 313 g/mol. The lowest BCUT2D eigenvalue weighted by Gasteiger charge is -2.12. The van der Waals surface area contributed by atoms with Crippen LogP contribution in [0.5, 0.6) is 5.75 Å². The van der Waals surface area contributed by atoms with E-state index in [4.69, 9.17) is 9.84 Å². The number of carbonyl (C=O) groups is 1. The smallest absolute Gasteiger partial charge is 0.307 e. The number of nitrogens with one attached hydrogen (secondary N) is 1. The molecule has 2 rings (SSSR count). The van der Waals surface area contributed by atoms with Crippen molar-refractivity contribution in [3.63, 3.8) is 0 Å². The first-order valence-electron chi connectivity index (χ1n) is 6.78. The molecule has 1 saturated carbocycles. The number of rotatable bonds is 7. The second kappa shape index (κ2) is 6.03. The minimum absolute atomic E-state index is 0.00690. The number of carboxylic acid groups (broad SMARTS) is 1. The zero-order valence-corrected chi connectivity index (χ0v) is 12.8. The van der Waals surface area contributed by atoms with E-state index >= 15 is 0 Å². The molecular weight excluding hydrogens is 294 g/mol. The molecule has 21 heavy (non-hydrogen) atoms. The summed E-state index contributed by atoms with van der Waals surface area (Å²) in [6, 6.07) is 4.32. The van der Waals surface area contributed by atoms with Gasteiger partial charge in [-0.1, -0.05) is 13.3 Å². The summed E-state index contributed by atoms with van der Waals surface area (Å²) >= 11 is 0. The van der Waals surface area contributed by atoms with Crippen molar-refractivity contribution in [2.24, 2.45) is 5.92 Å². The molecule has 2 atom stereocenters. The number of hydrogen-bond acceptors (Lipinski definition) is 4. The van der Waals surface area contributed by atoms with E-state index in [0.29, 0.717) is 11.7 Å². The summed E-state index contributed by atoms with van der Waals surface area (Å²) in [6.45, 7) is 2.02. The molecule has 0 bridgehead atoms. The Labute approximate surface area is 124 Å². The maximum atomic E-state index is 12.4. The molecule has 2 unspecified atom stereocenters. The summed E-state index contributed by atoms with van der Waals surface area (Å²) < 4.78 is 32.5. The van der Waals surface area contributed by atoms with Gasteiger partial charge in [-0.05, 0) is 36.1 Å². The highest BCUT2D eigenvalue weighted by molar-refractivity contribution is 7.89. The van der Waals surface area contributed by atoms with E-state index in [9.17, 15) is 13.2 Å². The van der Waals surface area contributed by atoms with Gasteiger partial charge in [0.05, 0.1) is 18.4 Å². The molecular formula is C14H19NO5S. The van der Waals surface area contributed by atoms with Crippen LogP contribution in [0.15, 0.2) is 23.1 Å². The van der Waals surface area contributed by atoms with Gasteiger partial charge in [0.2, 0.25) is 10.0 Å². The maximum Gasteiger partial charge on any atom is 0.307 e. The summed E-state index contributed by atoms with van der Waals surface area (Å²) in [4.78, 5) is 10.9. The van der Waals surface area contributed by atoms with E-state index in [-0.39, 0.29) is 22.9 Å². The summed E-state index contributed by atoms with van der Waals surface area (Å²) in [5.74, 6) is -0.276. The van der Waals surface area contributed by atoms with E-state index in [2.05, 4.69) is 4.72 Å². The van der Waals surface area contributed by atoms with E-state index in [1.54, 1.807) is 0 Å². The van der Waals surface area contributed by atoms with Gasteiger partial charge in [0, 0.05) is 6.04 Å². The first-order chi connectivity index (χ1) is 9.87. The molecule has 0 amide bonds. The fourth-order valence-electron chi connectivity index (χ4n) is 2.35. The molecule has 1 fully saturated rings. The van der Waals surface area contributed by atoms with Gasteiger partial charge < -0.3 is 9.84 Å². The van der Waals surface area contributed by atoms with Gasteiger partial charge in [0.1, 0.15) is 5.75 Å². The standard InChI is InChI=1S/C14H19NO5S/c1-3-9-7-12(9)15-21(18,19)13-5-4-11(20-2)6-10(13)8-14(16)17/h4-6,9,12,15H,3,7-8H2,1-2H3,(H,16,17). The lowest BCUT2D eigenvalue weighted by atomic mass is 10.1. The highest BCUT2D eigenvalue weighted by Gasteiger charge is 2.39. The quantitative estimate of drug-likeness (QED) is 0.794. The van der Waals surface area contributed by atoms with Crippen molar-refractivity contribution >= 4 is 16.0 Å². The van der Waals surface area contributed by atoms with Gasteiger partial charge in [0.15, 0.2) is 0 Å². The number of aliphatic carboxylic acids is 1. The summed E-state index contributed by atoms with van der Waals surface area (Å²) in [5.41, 5.74) is 0.225. The van der Waals surface area contributed by atoms with Crippen molar-refractivity contribution in [3.05, 3.63) is 23.8 Å². The zero-order chi connectivity index (χ0) is 15.6. The van der Waals surface area contributed by atoms with Gasteiger partial charge >= 0.3 is 5.97 Å². The van der Waals surface area contributed by atoms with Gasteiger partial charge in [-0.15, -0.1) is 0 Å². The molecule has 2 N–H and O–H groups in total. The van der Waals surface area contributed by atoms with Crippen LogP contribution in [-0.2, 0) is 21.2 Å². The molecule has 1 aliphatic carbocycles. The fraction of sp³-hybridized carbons (Fsp3) is 0.500. The van der Waals surface area contributed by atoms with Crippen molar-refractivity contribution in [1.29, 1.82) is 0 Å². The number of hydrogen-bond donors (Lipinski definition) is 2. The molecule has 0 saturated heterocycles. The Bertz CT molecular complexity index is 641. The van der Waals surface area contributed by atoms with E-state index in [0.717, 1.165) is 12.8 Å². The molecule has 0 radical (unpaired) electrons. The topological polar surface area (TPSA) is 92.7 Å². The molecule has 0 heterocycles. The molecule has 0 spiro atoms. The lowest BCUT2D eigenvalue weighted by molar-refractivity contribution is -0.136. The Balaban J connectivity index is 2.30. The number of methoxy groups -OCH3 is 1. The molecule has 7 heteroatoms. The Morgan fingerprint density at radius 3 is 2.71 bits per heavy atom. The van der Waals surface area contributed by atoms with E-state index in [1.807, 2.05) is 6.92 Å². The maximum absolute atomic E-state index is 12.4. The van der Waals surface area contributed by atoms with Crippen LogP contribution in [0.2, 0.25) is 0 Å². The molecule has 1 aliphatic rings. The van der Waals surface area contributed by atoms with Crippen molar-refractivity contribution < 1.29 is 23.1 Å². The average Bonchev–Trinajstić information content (AvgIpc) is 3.15. The van der Waals surface area contributed by atoms with Crippen LogP contribution in [0.3, 0.4) is 0 Å². The van der Waals surface area contributed by atoms with Gasteiger partial charge in [-0.3, -0.25) is 4.79 Å². The second-order valence-corrected chi connectivity index (χ2v) is 6.86. The molecule has 1 aromatic carbocycles. The summed E-state index contributed by atoms with van der Waals surface area (Å²) in [5, 5.41) is 8.94. The largest absolute Gasteiger partial charge is 0.497 e. The van der Waals surface area contributed by atoms with Crippen molar-refractivity contribution in [1.82, 2.24) is 4.72 Å². The van der Waals surface area contributed by atoms with E-state index in [1.165, 1.54) is 25.3 Å². The van der Waals surface area contributed by atoms with Crippen molar-refractivity contribution in [2.45, 2.75) is 37.1 Å². The summed E-state index contributed by atoms with van der Waals surface area (Å²) in [7, 11) is -2.26. The van der Waals surface area contributed by atoms with Crippen LogP contribution >= 0.6 is 0 Å². The predicted molar refractivity (Wildman–Crippen MR) is 76.8 cm³/mol. The SMILES string of the molecule is CCC1CC1NS(=O)(=O)c1ccc(OC)cc1CC(=O)O. The average molecular weight is 313 g/mol. The first kappa shape index (κ1) is 15.8. The minimum Gasteiger partial charge on any atom is -0.497 e. The molecule has 6 nitrogen and oxygen atoms in total. The first-order valence-corrected chi connectivity index (χ1v) is 8.26. The predicted octanol–water partition coefficient (Wildman–Crippen LogP) is 1.40. The van der Waals surface area contributed by atoms with Crippen LogP contribution in [0, 0.1) is 5.92 Å². The van der Waals surface area contributed by atoms with Crippen LogP contribution in [0.4, 0.5) is 0 Å². The third-order valence-electron chi connectivity index (χ3n) is 3.65. The molecule has 0 aromatic heterocycles. The van der Waals surface area contributed by atoms with E-state index < -0.39 is 16.0 Å². The second-order valence-electron chi connectivity index (χ2n) is 5.18. The number of carboxylic acids is 1.